The number of aliphatic hydroxyl groups is 3. The van der Waals surface area contributed by atoms with Gasteiger partial charge < -0.3 is 20.1 Å². The van der Waals surface area contributed by atoms with Crippen molar-refractivity contribution in [1.29, 1.82) is 0 Å². The molecule has 0 saturated carbocycles. The summed E-state index contributed by atoms with van der Waals surface area (Å²) in [6.45, 7) is 5.85. The molecule has 1 aliphatic heterocycles. The quantitative estimate of drug-likeness (QED) is 0.308. The summed E-state index contributed by atoms with van der Waals surface area (Å²) >= 11 is 0. The van der Waals surface area contributed by atoms with E-state index in [1.807, 2.05) is 20.8 Å². The van der Waals surface area contributed by atoms with Crippen molar-refractivity contribution in [2.75, 3.05) is 6.61 Å². The van der Waals surface area contributed by atoms with Gasteiger partial charge in [-0.2, -0.15) is 0 Å². The van der Waals surface area contributed by atoms with Crippen molar-refractivity contribution >= 4 is 0 Å². The van der Waals surface area contributed by atoms with Gasteiger partial charge in [0, 0.05) is 132 Å². The zero-order chi connectivity index (χ0) is 10.2. The first-order valence-electron chi connectivity index (χ1n) is 4.50. The molecular formula is C9H18Ac3O4. The third-order valence-corrected chi connectivity index (χ3v) is 2.35. The average molecular weight is 871 g/mol. The predicted molar refractivity (Wildman–Crippen MR) is 47.2 cm³/mol. The van der Waals surface area contributed by atoms with Crippen molar-refractivity contribution in [2.24, 2.45) is 5.41 Å². The van der Waals surface area contributed by atoms with Crippen molar-refractivity contribution < 1.29 is 152 Å². The Bertz CT molecular complexity index is 186. The minimum absolute atomic E-state index is 0. The van der Waals surface area contributed by atoms with Crippen LogP contribution in [0.25, 0.3) is 0 Å². The molecule has 1 saturated heterocycles. The molecular weight excluding hydrogens is 853 g/mol. The van der Waals surface area contributed by atoms with Crippen LogP contribution in [0.3, 0.4) is 0 Å². The second kappa shape index (κ2) is 10.8. The van der Waals surface area contributed by atoms with E-state index >= 15 is 0 Å². The van der Waals surface area contributed by atoms with E-state index in [9.17, 15) is 15.3 Å². The maximum atomic E-state index is 9.61. The van der Waals surface area contributed by atoms with Crippen molar-refractivity contribution in [2.45, 2.75) is 45.2 Å². The van der Waals surface area contributed by atoms with Gasteiger partial charge in [0.05, 0.1) is 12.7 Å². The molecule has 16 heavy (non-hydrogen) atoms. The Morgan fingerprint density at radius 3 is 1.75 bits per heavy atom. The van der Waals surface area contributed by atoms with E-state index in [2.05, 4.69) is 0 Å². The second-order valence-corrected chi connectivity index (χ2v) is 4.67. The minimum atomic E-state index is -1.10. The Morgan fingerprint density at radius 1 is 0.938 bits per heavy atom. The van der Waals surface area contributed by atoms with Gasteiger partial charge in [0.1, 0.15) is 18.3 Å². The van der Waals surface area contributed by atoms with Crippen LogP contribution in [-0.4, -0.2) is 46.3 Å². The molecule has 4 atom stereocenters. The summed E-state index contributed by atoms with van der Waals surface area (Å²) in [7, 11) is 0. The van der Waals surface area contributed by atoms with Crippen LogP contribution in [0.4, 0.5) is 0 Å². The predicted octanol–water partition coefficient (Wildman–Crippen LogP) is -0.486. The first kappa shape index (κ1) is 25.1. The summed E-state index contributed by atoms with van der Waals surface area (Å²) in [4.78, 5) is 0. The van der Waals surface area contributed by atoms with Crippen LogP contribution in [0.15, 0.2) is 0 Å². The largest absolute Gasteiger partial charge is 0.388 e. The molecule has 87 valence electrons. The van der Waals surface area contributed by atoms with Gasteiger partial charge in [-0.05, 0) is 5.41 Å². The maximum Gasteiger partial charge on any atom is 0.111 e. The average Bonchev–Trinajstić information content (AvgIpc) is 1.98. The summed E-state index contributed by atoms with van der Waals surface area (Å²) in [5.41, 5.74) is -0.236. The van der Waals surface area contributed by atoms with E-state index in [0.717, 1.165) is 0 Å². The van der Waals surface area contributed by atoms with E-state index in [1.165, 1.54) is 0 Å². The van der Waals surface area contributed by atoms with Crippen LogP contribution in [0.5, 0.6) is 0 Å². The molecule has 1 heterocycles. The van der Waals surface area contributed by atoms with E-state index < -0.39 is 24.4 Å². The molecule has 0 unspecified atom stereocenters. The monoisotopic (exact) mass is 871 g/mol. The van der Waals surface area contributed by atoms with Crippen molar-refractivity contribution in [3.8, 4) is 0 Å². The van der Waals surface area contributed by atoms with Gasteiger partial charge >= 0.3 is 0 Å². The Morgan fingerprint density at radius 2 is 1.38 bits per heavy atom. The number of rotatable bonds is 0. The van der Waals surface area contributed by atoms with Crippen LogP contribution in [0.2, 0.25) is 0 Å². The maximum absolute atomic E-state index is 9.61. The summed E-state index contributed by atoms with van der Waals surface area (Å²) < 4.78 is 5.28. The number of aliphatic hydroxyl groups excluding tert-OH is 3. The second-order valence-electron chi connectivity index (χ2n) is 4.67. The summed E-state index contributed by atoms with van der Waals surface area (Å²) in [6.07, 6.45) is -3.51. The van der Waals surface area contributed by atoms with Crippen LogP contribution in [0, 0.1) is 138 Å². The van der Waals surface area contributed by atoms with Gasteiger partial charge in [0.25, 0.3) is 0 Å². The molecule has 7 heteroatoms. The SMILES string of the molecule is CC(C)(C)[C@@H]1OC[C@@H](O)[C@H](O)[C@H]1O.[Ac].[Ac].[Ac]. The zero-order valence-corrected chi connectivity index (χ0v) is 24.2. The Hall–Kier alpha value is 4.16. The van der Waals surface area contributed by atoms with E-state index in [1.54, 1.807) is 0 Å². The summed E-state index contributed by atoms with van der Waals surface area (Å²) in [5.74, 6) is 0. The smallest absolute Gasteiger partial charge is 0.111 e. The van der Waals surface area contributed by atoms with Gasteiger partial charge in [0.2, 0.25) is 0 Å². The normalized spacial score (nSPS) is 34.1. The van der Waals surface area contributed by atoms with E-state index in [-0.39, 0.29) is 144 Å². The summed E-state index contributed by atoms with van der Waals surface area (Å²) in [5, 5.41) is 28.2. The number of hydrogen-bond donors (Lipinski definition) is 3. The molecule has 1 rings (SSSR count). The first-order chi connectivity index (χ1) is 5.84. The Kier molecular flexibility index (Phi) is 17.0. The number of hydrogen-bond acceptors (Lipinski definition) is 4. The van der Waals surface area contributed by atoms with Crippen LogP contribution in [0.1, 0.15) is 20.8 Å². The molecule has 1 aliphatic rings. The van der Waals surface area contributed by atoms with Crippen molar-refractivity contribution in [1.82, 2.24) is 0 Å². The van der Waals surface area contributed by atoms with E-state index in [4.69, 9.17) is 4.74 Å². The fourth-order valence-electron chi connectivity index (χ4n) is 1.57. The fourth-order valence-corrected chi connectivity index (χ4v) is 1.57. The molecule has 4 nitrogen and oxygen atoms in total. The molecule has 0 aliphatic carbocycles. The van der Waals surface area contributed by atoms with Crippen LogP contribution < -0.4 is 0 Å². The molecule has 3 radical (unpaired) electrons. The Balaban J connectivity index is -0.000000563. The van der Waals surface area contributed by atoms with Crippen molar-refractivity contribution in [3.63, 3.8) is 0 Å². The third kappa shape index (κ3) is 7.25. The number of ether oxygens (including phenoxy) is 1. The third-order valence-electron chi connectivity index (χ3n) is 2.35. The van der Waals surface area contributed by atoms with Crippen LogP contribution in [-0.2, 0) is 4.74 Å². The topological polar surface area (TPSA) is 69.9 Å². The molecule has 0 aromatic rings. The molecule has 1 fully saturated rings. The van der Waals surface area contributed by atoms with Gasteiger partial charge in [-0.25, -0.2) is 0 Å². The fraction of sp³-hybridized carbons (Fsp3) is 1.00. The molecule has 3 N–H and O–H groups in total. The molecule has 0 amide bonds. The summed E-state index contributed by atoms with van der Waals surface area (Å²) in [6, 6.07) is 0. The molecule has 0 bridgehead atoms. The van der Waals surface area contributed by atoms with Crippen molar-refractivity contribution in [3.05, 3.63) is 0 Å². The van der Waals surface area contributed by atoms with Gasteiger partial charge in [-0.3, -0.25) is 0 Å². The first-order valence-corrected chi connectivity index (χ1v) is 4.50. The minimum Gasteiger partial charge on any atom is -0.388 e. The van der Waals surface area contributed by atoms with E-state index in [0.29, 0.717) is 0 Å². The van der Waals surface area contributed by atoms with Gasteiger partial charge in [-0.15, -0.1) is 0 Å². The zero-order valence-electron chi connectivity index (χ0n) is 10.00. The Labute approximate surface area is 204 Å². The molecule has 0 aromatic carbocycles. The molecule has 0 spiro atoms. The molecule has 0 aromatic heterocycles. The van der Waals surface area contributed by atoms with Gasteiger partial charge in [-0.1, -0.05) is 20.8 Å². The standard InChI is InChI=1S/C9H18O4.3Ac/c1-9(2,3)8-7(12)6(11)5(10)4-13-8;;;/h5-8,10-12H,4H2,1-3H3;;;/t5-,6+,7-,8-;;;/m1.../s1. The van der Waals surface area contributed by atoms with Crippen LogP contribution >= 0.6 is 0 Å². The van der Waals surface area contributed by atoms with Gasteiger partial charge in [0.15, 0.2) is 0 Å².